The van der Waals surface area contributed by atoms with Gasteiger partial charge in [-0.05, 0) is 53.8 Å². The molecule has 2 aromatic rings. The van der Waals surface area contributed by atoms with Crippen molar-refractivity contribution in [2.45, 2.75) is 19.4 Å². The monoisotopic (exact) mass is 552 g/mol. The molecular formula is C24H33IN4O3. The first-order valence-corrected chi connectivity index (χ1v) is 10.5. The third kappa shape index (κ3) is 6.05. The van der Waals surface area contributed by atoms with Crippen LogP contribution >= 0.6 is 24.0 Å². The molecule has 1 amide bonds. The van der Waals surface area contributed by atoms with Crippen LogP contribution < -0.4 is 14.8 Å². The number of aliphatic imine (C=N–C) groups is 1. The molecule has 0 bridgehead atoms. The van der Waals surface area contributed by atoms with Crippen LogP contribution in [0.2, 0.25) is 0 Å². The number of halogens is 1. The molecule has 0 saturated heterocycles. The Balaban J connectivity index is 0.00000363. The van der Waals surface area contributed by atoms with Gasteiger partial charge in [-0.1, -0.05) is 12.1 Å². The SMILES string of the molecule is CN=C(NCCc1cccc(C(=O)N(C)C)c1)N1CCc2cc(OC)c(OC)cc2C1.I. The molecule has 0 saturated carbocycles. The number of methoxy groups -OCH3 is 2. The van der Waals surface area contributed by atoms with Gasteiger partial charge in [0.2, 0.25) is 0 Å². The van der Waals surface area contributed by atoms with Crippen LogP contribution in [-0.4, -0.2) is 70.1 Å². The van der Waals surface area contributed by atoms with Crippen molar-refractivity contribution in [2.75, 3.05) is 48.5 Å². The second kappa shape index (κ2) is 11.9. The van der Waals surface area contributed by atoms with Crippen LogP contribution in [-0.2, 0) is 19.4 Å². The van der Waals surface area contributed by atoms with Crippen LogP contribution in [0.5, 0.6) is 11.5 Å². The van der Waals surface area contributed by atoms with Gasteiger partial charge in [0, 0.05) is 46.3 Å². The van der Waals surface area contributed by atoms with Gasteiger partial charge in [0.15, 0.2) is 17.5 Å². The zero-order chi connectivity index (χ0) is 22.4. The summed E-state index contributed by atoms with van der Waals surface area (Å²) in [5, 5.41) is 3.47. The fraction of sp³-hybridized carbons (Fsp3) is 0.417. The van der Waals surface area contributed by atoms with E-state index in [9.17, 15) is 4.79 Å². The first kappa shape index (κ1) is 25.8. The van der Waals surface area contributed by atoms with E-state index in [2.05, 4.69) is 27.3 Å². The topological polar surface area (TPSA) is 66.4 Å². The van der Waals surface area contributed by atoms with Crippen LogP contribution in [0.1, 0.15) is 27.0 Å². The Labute approximate surface area is 207 Å². The summed E-state index contributed by atoms with van der Waals surface area (Å²) in [5.74, 6) is 2.41. The Bertz CT molecular complexity index is 962. The fourth-order valence-electron chi connectivity index (χ4n) is 3.83. The quantitative estimate of drug-likeness (QED) is 0.339. The van der Waals surface area contributed by atoms with E-state index < -0.39 is 0 Å². The van der Waals surface area contributed by atoms with E-state index in [4.69, 9.17) is 9.47 Å². The summed E-state index contributed by atoms with van der Waals surface area (Å²) >= 11 is 0. The number of nitrogens with zero attached hydrogens (tertiary/aromatic N) is 3. The Morgan fingerprint density at radius 3 is 2.44 bits per heavy atom. The number of hydrogen-bond acceptors (Lipinski definition) is 4. The third-order valence-electron chi connectivity index (χ3n) is 5.51. The average molecular weight is 552 g/mol. The molecule has 1 aliphatic heterocycles. The van der Waals surface area contributed by atoms with Crippen molar-refractivity contribution < 1.29 is 14.3 Å². The number of ether oxygens (including phenoxy) is 2. The molecule has 1 aliphatic rings. The number of fused-ring (bicyclic) bond motifs is 1. The Morgan fingerprint density at radius 1 is 1.12 bits per heavy atom. The molecule has 174 valence electrons. The minimum absolute atomic E-state index is 0. The van der Waals surface area contributed by atoms with Gasteiger partial charge in [0.05, 0.1) is 14.2 Å². The number of carbonyl (C=O) groups is 1. The van der Waals surface area contributed by atoms with Crippen LogP contribution in [0.3, 0.4) is 0 Å². The number of rotatable bonds is 6. The van der Waals surface area contributed by atoms with Gasteiger partial charge >= 0.3 is 0 Å². The summed E-state index contributed by atoms with van der Waals surface area (Å²) in [6.07, 6.45) is 1.73. The number of nitrogens with one attached hydrogen (secondary N) is 1. The first-order valence-electron chi connectivity index (χ1n) is 10.5. The maximum absolute atomic E-state index is 12.2. The predicted molar refractivity (Wildman–Crippen MR) is 139 cm³/mol. The molecule has 3 rings (SSSR count). The lowest BCUT2D eigenvalue weighted by atomic mass is 9.99. The van der Waals surface area contributed by atoms with E-state index in [0.29, 0.717) is 5.56 Å². The highest BCUT2D eigenvalue weighted by atomic mass is 127. The zero-order valence-electron chi connectivity index (χ0n) is 19.5. The van der Waals surface area contributed by atoms with E-state index in [1.54, 1.807) is 33.2 Å². The summed E-state index contributed by atoms with van der Waals surface area (Å²) in [7, 11) is 8.67. The number of benzene rings is 2. The number of amides is 1. The third-order valence-corrected chi connectivity index (χ3v) is 5.51. The van der Waals surface area contributed by atoms with Crippen molar-refractivity contribution in [3.05, 3.63) is 58.7 Å². The van der Waals surface area contributed by atoms with E-state index in [-0.39, 0.29) is 29.9 Å². The van der Waals surface area contributed by atoms with Gasteiger partial charge in [-0.3, -0.25) is 9.79 Å². The lowest BCUT2D eigenvalue weighted by molar-refractivity contribution is 0.0827. The molecule has 0 atom stereocenters. The lowest BCUT2D eigenvalue weighted by Crippen LogP contribution is -2.44. The van der Waals surface area contributed by atoms with Crippen molar-refractivity contribution in [3.8, 4) is 11.5 Å². The Kier molecular flexibility index (Phi) is 9.61. The van der Waals surface area contributed by atoms with Crippen molar-refractivity contribution in [3.63, 3.8) is 0 Å². The zero-order valence-corrected chi connectivity index (χ0v) is 21.8. The van der Waals surface area contributed by atoms with Crippen LogP contribution in [0.4, 0.5) is 0 Å². The molecule has 8 heteroatoms. The highest BCUT2D eigenvalue weighted by Crippen LogP contribution is 2.33. The van der Waals surface area contributed by atoms with Crippen LogP contribution in [0, 0.1) is 0 Å². The first-order chi connectivity index (χ1) is 15.0. The molecule has 0 aromatic heterocycles. The molecule has 0 aliphatic carbocycles. The predicted octanol–water partition coefficient (Wildman–Crippen LogP) is 3.20. The maximum Gasteiger partial charge on any atom is 0.253 e. The highest BCUT2D eigenvalue weighted by Gasteiger charge is 2.21. The van der Waals surface area contributed by atoms with Gasteiger partial charge in [-0.25, -0.2) is 0 Å². The van der Waals surface area contributed by atoms with Crippen molar-refractivity contribution >= 4 is 35.8 Å². The van der Waals surface area contributed by atoms with Crippen molar-refractivity contribution in [1.82, 2.24) is 15.1 Å². The summed E-state index contributed by atoms with van der Waals surface area (Å²) in [4.78, 5) is 20.5. The van der Waals surface area contributed by atoms with E-state index in [1.165, 1.54) is 11.1 Å². The molecule has 0 fully saturated rings. The summed E-state index contributed by atoms with van der Waals surface area (Å²) < 4.78 is 10.9. The number of carbonyl (C=O) groups excluding carboxylic acids is 1. The molecule has 2 aromatic carbocycles. The molecule has 1 N–H and O–H groups in total. The Morgan fingerprint density at radius 2 is 1.81 bits per heavy atom. The fourth-order valence-corrected chi connectivity index (χ4v) is 3.83. The number of hydrogen-bond donors (Lipinski definition) is 1. The average Bonchev–Trinajstić information content (AvgIpc) is 2.80. The van der Waals surface area contributed by atoms with Crippen molar-refractivity contribution in [1.29, 1.82) is 0 Å². The van der Waals surface area contributed by atoms with Gasteiger partial charge in [0.25, 0.3) is 5.91 Å². The summed E-state index contributed by atoms with van der Waals surface area (Å²) in [6, 6.07) is 11.9. The smallest absolute Gasteiger partial charge is 0.253 e. The molecule has 0 spiro atoms. The van der Waals surface area contributed by atoms with E-state index in [1.807, 2.05) is 31.3 Å². The largest absolute Gasteiger partial charge is 0.493 e. The summed E-state index contributed by atoms with van der Waals surface area (Å²) in [6.45, 7) is 2.39. The van der Waals surface area contributed by atoms with E-state index in [0.717, 1.165) is 55.5 Å². The van der Waals surface area contributed by atoms with E-state index >= 15 is 0 Å². The lowest BCUT2D eigenvalue weighted by Gasteiger charge is -2.32. The van der Waals surface area contributed by atoms with Crippen LogP contribution in [0.25, 0.3) is 0 Å². The summed E-state index contributed by atoms with van der Waals surface area (Å²) in [5.41, 5.74) is 4.34. The molecule has 32 heavy (non-hydrogen) atoms. The molecule has 0 radical (unpaired) electrons. The van der Waals surface area contributed by atoms with Gasteiger partial charge in [-0.15, -0.1) is 24.0 Å². The van der Waals surface area contributed by atoms with Gasteiger partial charge in [-0.2, -0.15) is 0 Å². The second-order valence-corrected chi connectivity index (χ2v) is 7.77. The highest BCUT2D eigenvalue weighted by molar-refractivity contribution is 14.0. The minimum atomic E-state index is 0. The van der Waals surface area contributed by atoms with Crippen LogP contribution in [0.15, 0.2) is 41.4 Å². The molecule has 7 nitrogen and oxygen atoms in total. The molecule has 1 heterocycles. The van der Waals surface area contributed by atoms with Gasteiger partial charge < -0.3 is 24.6 Å². The molecular weight excluding hydrogens is 519 g/mol. The number of guanidine groups is 1. The minimum Gasteiger partial charge on any atom is -0.493 e. The van der Waals surface area contributed by atoms with Crippen molar-refractivity contribution in [2.24, 2.45) is 4.99 Å². The van der Waals surface area contributed by atoms with Gasteiger partial charge in [0.1, 0.15) is 0 Å². The Hall–Kier alpha value is -2.49. The normalized spacial score (nSPS) is 13.0. The second-order valence-electron chi connectivity index (χ2n) is 7.77. The molecule has 0 unspecified atom stereocenters. The maximum atomic E-state index is 12.2. The standard InChI is InChI=1S/C24H32N4O3.HI/c1-25-24(26-11-9-17-7-6-8-19(13-17)23(29)27(2)3)28-12-10-18-14-21(30-4)22(31-5)15-20(18)16-28;/h6-8,13-15H,9-12,16H2,1-5H3,(H,25,26);1H.